The number of hydrogen-bond acceptors (Lipinski definition) is 5. The summed E-state index contributed by atoms with van der Waals surface area (Å²) in [5.41, 5.74) is 2.87. The third-order valence-electron chi connectivity index (χ3n) is 4.48. The summed E-state index contributed by atoms with van der Waals surface area (Å²) in [6, 6.07) is 18.0. The van der Waals surface area contributed by atoms with Crippen LogP contribution < -0.4 is 10.6 Å². The van der Waals surface area contributed by atoms with E-state index in [0.717, 1.165) is 11.1 Å². The van der Waals surface area contributed by atoms with Crippen molar-refractivity contribution in [2.45, 2.75) is 44.7 Å². The molecule has 0 spiro atoms. The highest BCUT2D eigenvalue weighted by molar-refractivity contribution is 7.80. The number of nitrogens with zero attached hydrogens (tertiary/aromatic N) is 1. The lowest BCUT2D eigenvalue weighted by molar-refractivity contribution is 0.0945. The monoisotopic (exact) mass is 451 g/mol. The molecular weight excluding hydrogens is 422 g/mol. The van der Waals surface area contributed by atoms with Gasteiger partial charge in [-0.05, 0) is 42.3 Å². The average molecular weight is 452 g/mol. The predicted molar refractivity (Wildman–Crippen MR) is 130 cm³/mol. The first kappa shape index (κ1) is 24.9. The average Bonchev–Trinajstić information content (AvgIpc) is 2.84. The maximum Gasteiger partial charge on any atom is 0.408 e. The lowest BCUT2D eigenvalue weighted by Gasteiger charge is -2.16. The van der Waals surface area contributed by atoms with Crippen molar-refractivity contribution in [2.75, 3.05) is 5.32 Å². The van der Waals surface area contributed by atoms with Gasteiger partial charge in [-0.2, -0.15) is 0 Å². The summed E-state index contributed by atoms with van der Waals surface area (Å²) in [5, 5.41) is 5.57. The zero-order chi connectivity index (χ0) is 23.3. The molecule has 1 atom stereocenters. The van der Waals surface area contributed by atoms with E-state index in [9.17, 15) is 9.59 Å². The van der Waals surface area contributed by atoms with Gasteiger partial charge < -0.3 is 15.4 Å². The molecule has 2 N–H and O–H groups in total. The highest BCUT2D eigenvalue weighted by atomic mass is 32.1. The SMILES string of the molecule is CC.CCC(OC(=O)NCc1ccc(C(=O)Nc2ccccc2S)cc1)c1cccnc1. The summed E-state index contributed by atoms with van der Waals surface area (Å²) in [6.45, 7) is 6.24. The number of thiol groups is 1. The zero-order valence-corrected chi connectivity index (χ0v) is 19.4. The number of rotatable bonds is 7. The van der Waals surface area contributed by atoms with Gasteiger partial charge in [0.25, 0.3) is 5.91 Å². The molecule has 0 radical (unpaired) electrons. The molecular formula is C25H29N3O3S. The van der Waals surface area contributed by atoms with Crippen LogP contribution in [0.5, 0.6) is 0 Å². The first-order valence-corrected chi connectivity index (χ1v) is 11.0. The highest BCUT2D eigenvalue weighted by Gasteiger charge is 2.15. The molecule has 168 valence electrons. The number of nitrogens with one attached hydrogen (secondary N) is 2. The second-order valence-electron chi connectivity index (χ2n) is 6.61. The quantitative estimate of drug-likeness (QED) is 0.383. The van der Waals surface area contributed by atoms with Crippen LogP contribution in [0.2, 0.25) is 0 Å². The van der Waals surface area contributed by atoms with Gasteiger partial charge in [-0.3, -0.25) is 9.78 Å². The van der Waals surface area contributed by atoms with E-state index in [1.807, 2.05) is 51.1 Å². The van der Waals surface area contributed by atoms with Crippen LogP contribution in [0.25, 0.3) is 0 Å². The topological polar surface area (TPSA) is 80.3 Å². The largest absolute Gasteiger partial charge is 0.441 e. The number of carbonyl (C=O) groups excluding carboxylic acids is 2. The van der Waals surface area contributed by atoms with Gasteiger partial charge in [0.2, 0.25) is 0 Å². The third-order valence-corrected chi connectivity index (χ3v) is 4.87. The van der Waals surface area contributed by atoms with E-state index in [1.54, 1.807) is 42.7 Å². The Morgan fingerprint density at radius 1 is 1.03 bits per heavy atom. The second-order valence-corrected chi connectivity index (χ2v) is 7.09. The van der Waals surface area contributed by atoms with Crippen LogP contribution in [0.4, 0.5) is 10.5 Å². The number of para-hydroxylation sites is 1. The molecule has 1 unspecified atom stereocenters. The Hall–Kier alpha value is -3.32. The van der Waals surface area contributed by atoms with Crippen molar-refractivity contribution in [2.24, 2.45) is 0 Å². The Balaban J connectivity index is 0.00000176. The number of pyridine rings is 1. The molecule has 0 aliphatic heterocycles. The lowest BCUT2D eigenvalue weighted by Crippen LogP contribution is -2.25. The molecule has 2 amide bonds. The van der Waals surface area contributed by atoms with E-state index in [-0.39, 0.29) is 12.0 Å². The van der Waals surface area contributed by atoms with E-state index >= 15 is 0 Å². The van der Waals surface area contributed by atoms with E-state index in [2.05, 4.69) is 28.2 Å². The molecule has 1 heterocycles. The van der Waals surface area contributed by atoms with Gasteiger partial charge in [-0.1, -0.05) is 51.1 Å². The fraction of sp³-hybridized carbons (Fsp3) is 0.240. The Morgan fingerprint density at radius 3 is 2.38 bits per heavy atom. The van der Waals surface area contributed by atoms with E-state index in [1.165, 1.54) is 0 Å². The van der Waals surface area contributed by atoms with E-state index in [0.29, 0.717) is 29.1 Å². The van der Waals surface area contributed by atoms with Crippen LogP contribution in [0.1, 0.15) is 54.8 Å². The molecule has 0 aliphatic rings. The van der Waals surface area contributed by atoms with Crippen LogP contribution >= 0.6 is 12.6 Å². The molecule has 0 aliphatic carbocycles. The Morgan fingerprint density at radius 2 is 1.75 bits per heavy atom. The molecule has 3 rings (SSSR count). The molecule has 0 saturated carbocycles. The molecule has 0 fully saturated rings. The Labute approximate surface area is 194 Å². The van der Waals surface area contributed by atoms with Crippen LogP contribution in [0, 0.1) is 0 Å². The summed E-state index contributed by atoms with van der Waals surface area (Å²) >= 11 is 4.33. The maximum atomic E-state index is 12.4. The Kier molecular flexibility index (Phi) is 10.3. The summed E-state index contributed by atoms with van der Waals surface area (Å²) in [6.07, 6.45) is 3.17. The van der Waals surface area contributed by atoms with Gasteiger partial charge in [0, 0.05) is 35.0 Å². The van der Waals surface area contributed by atoms with Crippen molar-refractivity contribution in [3.05, 3.63) is 89.7 Å². The van der Waals surface area contributed by atoms with Gasteiger partial charge in [-0.15, -0.1) is 12.6 Å². The van der Waals surface area contributed by atoms with Gasteiger partial charge in [-0.25, -0.2) is 4.79 Å². The fourth-order valence-electron chi connectivity index (χ4n) is 2.85. The predicted octanol–water partition coefficient (Wildman–Crippen LogP) is 6.03. The molecule has 3 aromatic rings. The van der Waals surface area contributed by atoms with Crippen molar-refractivity contribution in [3.63, 3.8) is 0 Å². The van der Waals surface area contributed by atoms with Gasteiger partial charge in [0.15, 0.2) is 0 Å². The standard InChI is InChI=1S/C23H23N3O3S.C2H6/c1-2-20(18-6-5-13-24-15-18)29-23(28)25-14-16-9-11-17(12-10-16)22(27)26-19-7-3-4-8-21(19)30;1-2/h3-13,15,20,30H,2,14H2,1H3,(H,25,28)(H,26,27);1-2H3. The minimum absolute atomic E-state index is 0.224. The smallest absolute Gasteiger partial charge is 0.408 e. The number of alkyl carbamates (subject to hydrolysis) is 1. The summed E-state index contributed by atoms with van der Waals surface area (Å²) in [7, 11) is 0. The van der Waals surface area contributed by atoms with Crippen molar-refractivity contribution in [1.82, 2.24) is 10.3 Å². The minimum Gasteiger partial charge on any atom is -0.441 e. The molecule has 32 heavy (non-hydrogen) atoms. The van der Waals surface area contributed by atoms with Gasteiger partial charge >= 0.3 is 6.09 Å². The highest BCUT2D eigenvalue weighted by Crippen LogP contribution is 2.21. The van der Waals surface area contributed by atoms with E-state index < -0.39 is 6.09 Å². The molecule has 0 bridgehead atoms. The maximum absolute atomic E-state index is 12.4. The first-order chi connectivity index (χ1) is 15.6. The molecule has 6 nitrogen and oxygen atoms in total. The number of benzene rings is 2. The minimum atomic E-state index is -0.502. The number of aromatic nitrogens is 1. The number of carbonyl (C=O) groups is 2. The first-order valence-electron chi connectivity index (χ1n) is 10.6. The van der Waals surface area contributed by atoms with Crippen LogP contribution in [-0.2, 0) is 11.3 Å². The molecule has 7 heteroatoms. The zero-order valence-electron chi connectivity index (χ0n) is 18.5. The lowest BCUT2D eigenvalue weighted by atomic mass is 10.1. The van der Waals surface area contributed by atoms with Crippen LogP contribution in [0.3, 0.4) is 0 Å². The third kappa shape index (κ3) is 7.42. The number of amides is 2. The van der Waals surface area contributed by atoms with Gasteiger partial charge in [0.05, 0.1) is 5.69 Å². The Bertz CT molecular complexity index is 995. The van der Waals surface area contributed by atoms with Crippen LogP contribution in [-0.4, -0.2) is 17.0 Å². The number of ether oxygens (including phenoxy) is 1. The molecule has 0 saturated heterocycles. The molecule has 2 aromatic carbocycles. The summed E-state index contributed by atoms with van der Waals surface area (Å²) in [5.74, 6) is -0.224. The van der Waals surface area contributed by atoms with E-state index in [4.69, 9.17) is 4.74 Å². The van der Waals surface area contributed by atoms with Crippen LogP contribution in [0.15, 0.2) is 78.0 Å². The fourth-order valence-corrected chi connectivity index (χ4v) is 3.06. The van der Waals surface area contributed by atoms with Crippen molar-refractivity contribution in [3.8, 4) is 0 Å². The second kappa shape index (κ2) is 13.2. The van der Waals surface area contributed by atoms with Crippen molar-refractivity contribution < 1.29 is 14.3 Å². The van der Waals surface area contributed by atoms with Gasteiger partial charge in [0.1, 0.15) is 6.10 Å². The summed E-state index contributed by atoms with van der Waals surface area (Å²) in [4.78, 5) is 29.3. The van der Waals surface area contributed by atoms with Crippen molar-refractivity contribution in [1.29, 1.82) is 0 Å². The molecule has 1 aromatic heterocycles. The number of anilines is 1. The number of hydrogen-bond donors (Lipinski definition) is 3. The normalized spacial score (nSPS) is 10.9. The van der Waals surface area contributed by atoms with Crippen molar-refractivity contribution >= 4 is 30.3 Å². The summed E-state index contributed by atoms with van der Waals surface area (Å²) < 4.78 is 5.49.